The van der Waals surface area contributed by atoms with Crippen molar-refractivity contribution in [1.82, 2.24) is 20.9 Å². The molecule has 0 spiro atoms. The molecule has 9 heteroatoms. The van der Waals surface area contributed by atoms with E-state index in [0.29, 0.717) is 17.8 Å². The summed E-state index contributed by atoms with van der Waals surface area (Å²) in [5.74, 6) is -2.48. The molecule has 2 amide bonds. The second-order valence-corrected chi connectivity index (χ2v) is 8.89. The average molecular weight is 496 g/mol. The third-order valence-corrected chi connectivity index (χ3v) is 5.50. The number of amides is 2. The van der Waals surface area contributed by atoms with Gasteiger partial charge in [0.15, 0.2) is 11.6 Å². The molecule has 1 aromatic heterocycles. The van der Waals surface area contributed by atoms with E-state index in [1.54, 1.807) is 18.3 Å². The van der Waals surface area contributed by atoms with Gasteiger partial charge in [-0.2, -0.15) is 0 Å². The standard InChI is InChI=1S/C27H31F2N5O2/c1-17(2)33-24(13-18-6-4-3-5-7-18)27(36)34-23(14-19-8-10-21(28)22(29)12-19)26(35)32-16-20-9-11-25(30)31-15-20/h3-12,15,17,23-24,33H,13-14,16H2,1-2H3,(H2,30,31)(H,32,35)(H,34,36)/t23-,24+/m0/s1. The lowest BCUT2D eigenvalue weighted by Gasteiger charge is -2.25. The maximum Gasteiger partial charge on any atom is 0.243 e. The molecule has 0 aliphatic rings. The molecule has 7 nitrogen and oxygen atoms in total. The van der Waals surface area contributed by atoms with Crippen molar-refractivity contribution in [1.29, 1.82) is 0 Å². The lowest BCUT2D eigenvalue weighted by atomic mass is 10.0. The van der Waals surface area contributed by atoms with Crippen molar-refractivity contribution >= 4 is 17.6 Å². The van der Waals surface area contributed by atoms with Crippen LogP contribution >= 0.6 is 0 Å². The van der Waals surface area contributed by atoms with E-state index in [1.807, 2.05) is 44.2 Å². The third kappa shape index (κ3) is 8.13. The molecule has 5 N–H and O–H groups in total. The summed E-state index contributed by atoms with van der Waals surface area (Å²) in [6.07, 6.45) is 1.94. The van der Waals surface area contributed by atoms with Crippen LogP contribution in [0.4, 0.5) is 14.6 Å². The number of aromatic nitrogens is 1. The van der Waals surface area contributed by atoms with Crippen molar-refractivity contribution in [2.24, 2.45) is 0 Å². The summed E-state index contributed by atoms with van der Waals surface area (Å²) in [7, 11) is 0. The normalized spacial score (nSPS) is 12.7. The quantitative estimate of drug-likeness (QED) is 0.327. The van der Waals surface area contributed by atoms with Crippen molar-refractivity contribution in [2.75, 3.05) is 5.73 Å². The van der Waals surface area contributed by atoms with Gasteiger partial charge in [-0.05, 0) is 41.3 Å². The number of rotatable bonds is 11. The van der Waals surface area contributed by atoms with Crippen molar-refractivity contribution < 1.29 is 18.4 Å². The Kier molecular flexibility index (Phi) is 9.46. The molecule has 0 fully saturated rings. The zero-order valence-electron chi connectivity index (χ0n) is 20.3. The molecule has 1 heterocycles. The van der Waals surface area contributed by atoms with E-state index in [2.05, 4.69) is 20.9 Å². The van der Waals surface area contributed by atoms with Gasteiger partial charge in [0.2, 0.25) is 11.8 Å². The van der Waals surface area contributed by atoms with E-state index in [9.17, 15) is 18.4 Å². The first kappa shape index (κ1) is 26.7. The maximum atomic E-state index is 13.8. The number of pyridine rings is 1. The van der Waals surface area contributed by atoms with Gasteiger partial charge in [0, 0.05) is 25.2 Å². The number of nitrogens with zero attached hydrogens (tertiary/aromatic N) is 1. The van der Waals surface area contributed by atoms with Crippen molar-refractivity contribution in [2.45, 2.75) is 51.4 Å². The van der Waals surface area contributed by atoms with Crippen LogP contribution in [0.15, 0.2) is 66.9 Å². The zero-order valence-corrected chi connectivity index (χ0v) is 20.3. The Morgan fingerprint density at radius 1 is 0.861 bits per heavy atom. The summed E-state index contributed by atoms with van der Waals surface area (Å²) in [6.45, 7) is 4.02. The van der Waals surface area contributed by atoms with Crippen LogP contribution in [0.25, 0.3) is 0 Å². The molecule has 2 atom stereocenters. The number of carbonyl (C=O) groups is 2. The Bertz CT molecular complexity index is 1160. The first-order valence-corrected chi connectivity index (χ1v) is 11.7. The van der Waals surface area contributed by atoms with Crippen LogP contribution in [-0.2, 0) is 29.0 Å². The van der Waals surface area contributed by atoms with Gasteiger partial charge >= 0.3 is 0 Å². The van der Waals surface area contributed by atoms with Gasteiger partial charge in [-0.1, -0.05) is 56.3 Å². The van der Waals surface area contributed by atoms with Gasteiger partial charge in [-0.15, -0.1) is 0 Å². The fraction of sp³-hybridized carbons (Fsp3) is 0.296. The molecule has 36 heavy (non-hydrogen) atoms. The molecule has 3 aromatic rings. The SMILES string of the molecule is CC(C)N[C@H](Cc1ccccc1)C(=O)N[C@@H](Cc1ccc(F)c(F)c1)C(=O)NCc1ccc(N)nc1. The first-order valence-electron chi connectivity index (χ1n) is 11.7. The molecule has 3 rings (SSSR count). The molecule has 0 aliphatic heterocycles. The van der Waals surface area contributed by atoms with Crippen LogP contribution in [0.3, 0.4) is 0 Å². The van der Waals surface area contributed by atoms with E-state index < -0.39 is 29.6 Å². The molecule has 0 aliphatic carbocycles. The van der Waals surface area contributed by atoms with Gasteiger partial charge in [0.25, 0.3) is 0 Å². The average Bonchev–Trinajstić information content (AvgIpc) is 2.85. The minimum absolute atomic E-state index is 0.0148. The highest BCUT2D eigenvalue weighted by atomic mass is 19.2. The highest BCUT2D eigenvalue weighted by Crippen LogP contribution is 2.12. The number of nitrogens with one attached hydrogen (secondary N) is 3. The fourth-order valence-electron chi connectivity index (χ4n) is 3.72. The minimum atomic E-state index is -1.02. The van der Waals surface area contributed by atoms with Crippen molar-refractivity contribution in [3.63, 3.8) is 0 Å². The van der Waals surface area contributed by atoms with Gasteiger partial charge in [-0.25, -0.2) is 13.8 Å². The molecule has 2 aromatic carbocycles. The Hall–Kier alpha value is -3.85. The lowest BCUT2D eigenvalue weighted by Crippen LogP contribution is -2.55. The molecule has 190 valence electrons. The van der Waals surface area contributed by atoms with Gasteiger partial charge in [-0.3, -0.25) is 9.59 Å². The van der Waals surface area contributed by atoms with Crippen LogP contribution in [-0.4, -0.2) is 34.9 Å². The minimum Gasteiger partial charge on any atom is -0.384 e. The van der Waals surface area contributed by atoms with Crippen LogP contribution in [0, 0.1) is 11.6 Å². The Morgan fingerprint density at radius 3 is 2.19 bits per heavy atom. The Balaban J connectivity index is 1.77. The zero-order chi connectivity index (χ0) is 26.1. The number of anilines is 1. The first-order chi connectivity index (χ1) is 17.2. The molecule has 0 saturated carbocycles. The molecule has 0 saturated heterocycles. The predicted molar refractivity (Wildman–Crippen MR) is 135 cm³/mol. The summed E-state index contributed by atoms with van der Waals surface area (Å²) >= 11 is 0. The van der Waals surface area contributed by atoms with Gasteiger partial charge in [0.05, 0.1) is 6.04 Å². The molecular formula is C27H31F2N5O2. The van der Waals surface area contributed by atoms with Gasteiger partial charge in [0.1, 0.15) is 11.9 Å². The van der Waals surface area contributed by atoms with Crippen LogP contribution in [0.2, 0.25) is 0 Å². The van der Waals surface area contributed by atoms with Crippen LogP contribution in [0.1, 0.15) is 30.5 Å². The Labute approximate surface area is 209 Å². The van der Waals surface area contributed by atoms with Crippen molar-refractivity contribution in [3.8, 4) is 0 Å². The van der Waals surface area contributed by atoms with E-state index in [4.69, 9.17) is 5.73 Å². The molecule has 0 bridgehead atoms. The highest BCUT2D eigenvalue weighted by molar-refractivity contribution is 5.90. The molecule has 0 unspecified atom stereocenters. The molecule has 0 radical (unpaired) electrons. The largest absolute Gasteiger partial charge is 0.384 e. The summed E-state index contributed by atoms with van der Waals surface area (Å²) in [4.78, 5) is 30.4. The maximum absolute atomic E-state index is 13.8. The Morgan fingerprint density at radius 2 is 1.56 bits per heavy atom. The number of carbonyl (C=O) groups excluding carboxylic acids is 2. The smallest absolute Gasteiger partial charge is 0.243 e. The third-order valence-electron chi connectivity index (χ3n) is 5.50. The van der Waals surface area contributed by atoms with E-state index >= 15 is 0 Å². The monoisotopic (exact) mass is 495 g/mol. The topological polar surface area (TPSA) is 109 Å². The second-order valence-electron chi connectivity index (χ2n) is 8.89. The van der Waals surface area contributed by atoms with E-state index in [-0.39, 0.29) is 24.9 Å². The summed E-state index contributed by atoms with van der Waals surface area (Å²) < 4.78 is 27.2. The number of hydrogen-bond acceptors (Lipinski definition) is 5. The van der Waals surface area contributed by atoms with Crippen LogP contribution < -0.4 is 21.7 Å². The second kappa shape index (κ2) is 12.7. The number of hydrogen-bond donors (Lipinski definition) is 4. The summed E-state index contributed by atoms with van der Waals surface area (Å²) in [5, 5.41) is 8.82. The van der Waals surface area contributed by atoms with E-state index in [1.165, 1.54) is 6.07 Å². The van der Waals surface area contributed by atoms with Crippen molar-refractivity contribution in [3.05, 3.63) is 95.2 Å². The highest BCUT2D eigenvalue weighted by Gasteiger charge is 2.27. The van der Waals surface area contributed by atoms with Gasteiger partial charge < -0.3 is 21.7 Å². The summed E-state index contributed by atoms with van der Waals surface area (Å²) in [5.41, 5.74) is 7.66. The number of nitrogens with two attached hydrogens (primary N) is 1. The van der Waals surface area contributed by atoms with Crippen LogP contribution in [0.5, 0.6) is 0 Å². The lowest BCUT2D eigenvalue weighted by molar-refractivity contribution is -0.130. The summed E-state index contributed by atoms with van der Waals surface area (Å²) in [6, 6.07) is 14.7. The molecular weight excluding hydrogens is 464 g/mol. The number of nitrogen functional groups attached to an aromatic ring is 1. The fourth-order valence-corrected chi connectivity index (χ4v) is 3.72. The van der Waals surface area contributed by atoms with E-state index in [0.717, 1.165) is 23.3 Å². The number of benzene rings is 2. The predicted octanol–water partition coefficient (Wildman–Crippen LogP) is 2.89. The number of halogens is 2.